The standard InChI is InChI=1S/C20H27N3O4S/c1-15(2)13-19(20(24)22-12-10-16-5-4-11-21-14-16)23-28(25,26)18-8-6-17(27-3)7-9-18/h4-9,11,14-15,19,23H,10,12-13H2,1-3H3,(H,22,24). The molecule has 152 valence electrons. The highest BCUT2D eigenvalue weighted by Gasteiger charge is 2.26. The van der Waals surface area contributed by atoms with Gasteiger partial charge in [-0.2, -0.15) is 4.72 Å². The van der Waals surface area contributed by atoms with E-state index >= 15 is 0 Å². The first-order valence-electron chi connectivity index (χ1n) is 9.15. The number of hydrogen-bond donors (Lipinski definition) is 2. The summed E-state index contributed by atoms with van der Waals surface area (Å²) >= 11 is 0. The summed E-state index contributed by atoms with van der Waals surface area (Å²) in [6.45, 7) is 4.29. The maximum absolute atomic E-state index is 12.7. The smallest absolute Gasteiger partial charge is 0.241 e. The van der Waals surface area contributed by atoms with Crippen molar-refractivity contribution < 1.29 is 17.9 Å². The Labute approximate surface area is 166 Å². The molecule has 0 aliphatic carbocycles. The topological polar surface area (TPSA) is 97.4 Å². The average molecular weight is 406 g/mol. The molecule has 1 aromatic heterocycles. The van der Waals surface area contributed by atoms with Crippen LogP contribution in [0.2, 0.25) is 0 Å². The molecule has 8 heteroatoms. The number of amides is 1. The summed E-state index contributed by atoms with van der Waals surface area (Å²) in [5.41, 5.74) is 1.00. The van der Waals surface area contributed by atoms with Crippen LogP contribution in [0.1, 0.15) is 25.8 Å². The van der Waals surface area contributed by atoms with E-state index in [4.69, 9.17) is 4.74 Å². The summed E-state index contributed by atoms with van der Waals surface area (Å²) in [5.74, 6) is 0.369. The SMILES string of the molecule is COc1ccc(S(=O)(=O)NC(CC(C)C)C(=O)NCCc2cccnc2)cc1. The van der Waals surface area contributed by atoms with Gasteiger partial charge in [-0.25, -0.2) is 8.42 Å². The number of nitrogens with zero attached hydrogens (tertiary/aromatic N) is 1. The number of benzene rings is 1. The second-order valence-electron chi connectivity index (χ2n) is 6.88. The summed E-state index contributed by atoms with van der Waals surface area (Å²) in [6.07, 6.45) is 4.45. The largest absolute Gasteiger partial charge is 0.497 e. The number of methoxy groups -OCH3 is 1. The molecule has 2 N–H and O–H groups in total. The minimum absolute atomic E-state index is 0.0882. The molecule has 1 heterocycles. The number of aromatic nitrogens is 1. The maximum atomic E-state index is 12.7. The Morgan fingerprint density at radius 2 is 1.89 bits per heavy atom. The van der Waals surface area contributed by atoms with E-state index in [0.29, 0.717) is 25.1 Å². The molecule has 0 spiro atoms. The first kappa shape index (κ1) is 21.8. The number of carbonyl (C=O) groups is 1. The van der Waals surface area contributed by atoms with E-state index in [0.717, 1.165) is 5.56 Å². The summed E-state index contributed by atoms with van der Waals surface area (Å²) in [6, 6.07) is 8.96. The molecule has 1 unspecified atom stereocenters. The second kappa shape index (κ2) is 10.2. The molecule has 2 aromatic rings. The fraction of sp³-hybridized carbons (Fsp3) is 0.400. The molecule has 1 aromatic carbocycles. The van der Waals surface area contributed by atoms with E-state index in [1.54, 1.807) is 24.5 Å². The highest BCUT2D eigenvalue weighted by molar-refractivity contribution is 7.89. The van der Waals surface area contributed by atoms with Crippen molar-refractivity contribution in [2.75, 3.05) is 13.7 Å². The molecule has 0 saturated heterocycles. The van der Waals surface area contributed by atoms with Gasteiger partial charge in [0.25, 0.3) is 0 Å². The molecular weight excluding hydrogens is 378 g/mol. The van der Waals surface area contributed by atoms with Gasteiger partial charge in [0.2, 0.25) is 15.9 Å². The van der Waals surface area contributed by atoms with Crippen LogP contribution in [0.3, 0.4) is 0 Å². The van der Waals surface area contributed by atoms with Gasteiger partial charge < -0.3 is 10.1 Å². The average Bonchev–Trinajstić information content (AvgIpc) is 2.67. The van der Waals surface area contributed by atoms with Crippen LogP contribution in [-0.4, -0.2) is 39.0 Å². The predicted molar refractivity (Wildman–Crippen MR) is 108 cm³/mol. The fourth-order valence-electron chi connectivity index (χ4n) is 2.69. The molecule has 7 nitrogen and oxygen atoms in total. The fourth-order valence-corrected chi connectivity index (χ4v) is 3.90. The lowest BCUT2D eigenvalue weighted by atomic mass is 10.0. The lowest BCUT2D eigenvalue weighted by molar-refractivity contribution is -0.123. The number of pyridine rings is 1. The zero-order valence-corrected chi connectivity index (χ0v) is 17.2. The number of hydrogen-bond acceptors (Lipinski definition) is 5. The minimum atomic E-state index is -3.83. The van der Waals surface area contributed by atoms with Gasteiger partial charge in [0.1, 0.15) is 11.8 Å². The van der Waals surface area contributed by atoms with E-state index in [1.165, 1.54) is 19.2 Å². The molecular formula is C20H27N3O4S. The monoisotopic (exact) mass is 405 g/mol. The minimum Gasteiger partial charge on any atom is -0.497 e. The first-order valence-corrected chi connectivity index (χ1v) is 10.6. The highest BCUT2D eigenvalue weighted by Crippen LogP contribution is 2.17. The van der Waals surface area contributed by atoms with Crippen LogP contribution < -0.4 is 14.8 Å². The Morgan fingerprint density at radius 3 is 2.46 bits per heavy atom. The Bertz CT molecular complexity index is 853. The van der Waals surface area contributed by atoms with Crippen LogP contribution in [0.5, 0.6) is 5.75 Å². The van der Waals surface area contributed by atoms with Gasteiger partial charge in [-0.15, -0.1) is 0 Å². The van der Waals surface area contributed by atoms with Crippen molar-refractivity contribution >= 4 is 15.9 Å². The molecule has 1 atom stereocenters. The Balaban J connectivity index is 2.03. The summed E-state index contributed by atoms with van der Waals surface area (Å²) in [4.78, 5) is 16.7. The van der Waals surface area contributed by atoms with E-state index in [-0.39, 0.29) is 16.7 Å². The summed E-state index contributed by atoms with van der Waals surface area (Å²) in [7, 11) is -2.32. The molecule has 0 radical (unpaired) electrons. The maximum Gasteiger partial charge on any atom is 0.241 e. The van der Waals surface area contributed by atoms with E-state index < -0.39 is 16.1 Å². The van der Waals surface area contributed by atoms with Gasteiger partial charge in [-0.05, 0) is 54.7 Å². The molecule has 0 fully saturated rings. The Hall–Kier alpha value is -2.45. The van der Waals surface area contributed by atoms with Crippen LogP contribution in [-0.2, 0) is 21.2 Å². The van der Waals surface area contributed by atoms with Gasteiger partial charge in [-0.1, -0.05) is 19.9 Å². The van der Waals surface area contributed by atoms with E-state index in [9.17, 15) is 13.2 Å². The quantitative estimate of drug-likeness (QED) is 0.631. The van der Waals surface area contributed by atoms with Crippen molar-refractivity contribution in [1.29, 1.82) is 0 Å². The number of carbonyl (C=O) groups excluding carboxylic acids is 1. The third-order valence-electron chi connectivity index (χ3n) is 4.13. The predicted octanol–water partition coefficient (Wildman–Crippen LogP) is 2.14. The second-order valence-corrected chi connectivity index (χ2v) is 8.60. The third-order valence-corrected chi connectivity index (χ3v) is 5.61. The zero-order valence-electron chi connectivity index (χ0n) is 16.4. The van der Waals surface area contributed by atoms with Crippen molar-refractivity contribution in [1.82, 2.24) is 15.0 Å². The van der Waals surface area contributed by atoms with E-state index in [2.05, 4.69) is 15.0 Å². The number of ether oxygens (including phenoxy) is 1. The van der Waals surface area contributed by atoms with Crippen LogP contribution >= 0.6 is 0 Å². The van der Waals surface area contributed by atoms with Gasteiger partial charge in [0.05, 0.1) is 12.0 Å². The molecule has 28 heavy (non-hydrogen) atoms. The van der Waals surface area contributed by atoms with Gasteiger partial charge in [0.15, 0.2) is 0 Å². The zero-order chi connectivity index (χ0) is 20.6. The number of sulfonamides is 1. The van der Waals surface area contributed by atoms with Crippen molar-refractivity contribution in [2.24, 2.45) is 5.92 Å². The van der Waals surface area contributed by atoms with E-state index in [1.807, 2.05) is 26.0 Å². The molecule has 0 aliphatic heterocycles. The van der Waals surface area contributed by atoms with Gasteiger partial charge in [0, 0.05) is 18.9 Å². The third kappa shape index (κ3) is 6.61. The number of rotatable bonds is 10. The van der Waals surface area contributed by atoms with Crippen LogP contribution in [0.4, 0.5) is 0 Å². The molecule has 1 amide bonds. The van der Waals surface area contributed by atoms with Gasteiger partial charge in [-0.3, -0.25) is 9.78 Å². The van der Waals surface area contributed by atoms with Crippen LogP contribution in [0.25, 0.3) is 0 Å². The lowest BCUT2D eigenvalue weighted by Gasteiger charge is -2.20. The molecule has 2 rings (SSSR count). The van der Waals surface area contributed by atoms with Crippen molar-refractivity contribution in [2.45, 2.75) is 37.6 Å². The lowest BCUT2D eigenvalue weighted by Crippen LogP contribution is -2.47. The Morgan fingerprint density at radius 1 is 1.18 bits per heavy atom. The highest BCUT2D eigenvalue weighted by atomic mass is 32.2. The van der Waals surface area contributed by atoms with Crippen molar-refractivity contribution in [3.8, 4) is 5.75 Å². The molecule has 0 aliphatic rings. The van der Waals surface area contributed by atoms with Crippen molar-refractivity contribution in [3.05, 3.63) is 54.4 Å². The molecule has 0 bridgehead atoms. The summed E-state index contributed by atoms with van der Waals surface area (Å²) in [5, 5.41) is 2.82. The van der Waals surface area contributed by atoms with Crippen LogP contribution in [0, 0.1) is 5.92 Å². The van der Waals surface area contributed by atoms with Crippen LogP contribution in [0.15, 0.2) is 53.7 Å². The first-order chi connectivity index (χ1) is 13.3. The number of nitrogens with one attached hydrogen (secondary N) is 2. The van der Waals surface area contributed by atoms with Crippen molar-refractivity contribution in [3.63, 3.8) is 0 Å². The Kier molecular flexibility index (Phi) is 7.95. The van der Waals surface area contributed by atoms with Gasteiger partial charge >= 0.3 is 0 Å². The normalized spacial score (nSPS) is 12.6. The molecule has 0 saturated carbocycles. The summed E-state index contributed by atoms with van der Waals surface area (Å²) < 4.78 is 33.0.